The van der Waals surface area contributed by atoms with Crippen molar-refractivity contribution in [2.45, 2.75) is 25.6 Å². The largest absolute Gasteiger partial charge is 0.489 e. The summed E-state index contributed by atoms with van der Waals surface area (Å²) in [7, 11) is 0. The number of ether oxygens (including phenoxy) is 1. The summed E-state index contributed by atoms with van der Waals surface area (Å²) in [5, 5.41) is 0. The van der Waals surface area contributed by atoms with Gasteiger partial charge in [-0.25, -0.2) is 4.39 Å². The third-order valence-corrected chi connectivity index (χ3v) is 3.46. The van der Waals surface area contributed by atoms with E-state index in [-0.39, 0.29) is 11.7 Å². The highest BCUT2D eigenvalue weighted by Crippen LogP contribution is 2.43. The van der Waals surface area contributed by atoms with Gasteiger partial charge >= 0.3 is 6.18 Å². The molecular weight excluding hydrogens is 284 g/mol. The fraction of sp³-hybridized carbons (Fsp3) is 0.250. The average molecular weight is 296 g/mol. The lowest BCUT2D eigenvalue weighted by atomic mass is 9.97. The van der Waals surface area contributed by atoms with Gasteiger partial charge in [0.25, 0.3) is 0 Å². The average Bonchev–Trinajstić information content (AvgIpc) is 2.76. The van der Waals surface area contributed by atoms with Crippen LogP contribution in [0.2, 0.25) is 0 Å². The van der Waals surface area contributed by atoms with Crippen LogP contribution in [0.3, 0.4) is 0 Å². The molecule has 0 aliphatic carbocycles. The maximum atomic E-state index is 13.4. The normalized spacial score (nSPS) is 17.5. The Labute approximate surface area is 119 Å². The zero-order chi connectivity index (χ0) is 15.2. The van der Waals surface area contributed by atoms with E-state index in [0.29, 0.717) is 23.3 Å². The first-order valence-electron chi connectivity index (χ1n) is 6.51. The summed E-state index contributed by atoms with van der Waals surface area (Å²) in [4.78, 5) is 0. The Morgan fingerprint density at radius 3 is 2.57 bits per heavy atom. The number of rotatable bonds is 1. The van der Waals surface area contributed by atoms with Crippen LogP contribution in [0, 0.1) is 5.82 Å². The number of halogens is 4. The molecule has 0 aromatic heterocycles. The molecule has 0 fully saturated rings. The predicted octanol–water partition coefficient (Wildman–Crippen LogP) is 4.83. The Bertz CT molecular complexity index is 691. The van der Waals surface area contributed by atoms with E-state index in [0.717, 1.165) is 12.1 Å². The van der Waals surface area contributed by atoms with Crippen molar-refractivity contribution < 1.29 is 22.3 Å². The summed E-state index contributed by atoms with van der Waals surface area (Å²) in [6.07, 6.45) is -4.21. The second-order valence-electron chi connectivity index (χ2n) is 5.15. The second-order valence-corrected chi connectivity index (χ2v) is 5.15. The molecule has 21 heavy (non-hydrogen) atoms. The summed E-state index contributed by atoms with van der Waals surface area (Å²) in [5.74, 6) is -0.0780. The highest BCUT2D eigenvalue weighted by molar-refractivity contribution is 5.74. The maximum Gasteiger partial charge on any atom is 0.416 e. The molecule has 1 heterocycles. The van der Waals surface area contributed by atoms with Crippen LogP contribution < -0.4 is 4.74 Å². The van der Waals surface area contributed by atoms with Crippen molar-refractivity contribution in [1.82, 2.24) is 0 Å². The second kappa shape index (κ2) is 4.76. The first-order chi connectivity index (χ1) is 9.84. The lowest BCUT2D eigenvalue weighted by Gasteiger charge is -2.14. The van der Waals surface area contributed by atoms with Crippen molar-refractivity contribution in [2.24, 2.45) is 0 Å². The van der Waals surface area contributed by atoms with Gasteiger partial charge in [-0.05, 0) is 42.3 Å². The zero-order valence-electron chi connectivity index (χ0n) is 11.2. The SMILES string of the molecule is CC1Cc2cc(C(F)(F)F)cc(-c3cccc(F)c3)c2O1. The van der Waals surface area contributed by atoms with E-state index in [2.05, 4.69) is 0 Å². The van der Waals surface area contributed by atoms with Crippen LogP contribution in [0.4, 0.5) is 17.6 Å². The van der Waals surface area contributed by atoms with Crippen LogP contribution in [0.5, 0.6) is 5.75 Å². The minimum absolute atomic E-state index is 0.184. The third kappa shape index (κ3) is 2.60. The highest BCUT2D eigenvalue weighted by atomic mass is 19.4. The summed E-state index contributed by atoms with van der Waals surface area (Å²) >= 11 is 0. The number of alkyl halides is 3. The molecule has 0 radical (unpaired) electrons. The van der Waals surface area contributed by atoms with Crippen LogP contribution in [0.15, 0.2) is 36.4 Å². The van der Waals surface area contributed by atoms with Gasteiger partial charge in [0, 0.05) is 12.0 Å². The van der Waals surface area contributed by atoms with Crippen LogP contribution >= 0.6 is 0 Å². The Morgan fingerprint density at radius 2 is 1.90 bits per heavy atom. The van der Waals surface area contributed by atoms with Gasteiger partial charge in [-0.3, -0.25) is 0 Å². The van der Waals surface area contributed by atoms with Gasteiger partial charge in [0.05, 0.1) is 5.56 Å². The Morgan fingerprint density at radius 1 is 1.14 bits per heavy atom. The summed E-state index contributed by atoms with van der Waals surface area (Å²) in [6, 6.07) is 7.64. The van der Waals surface area contributed by atoms with E-state index < -0.39 is 17.6 Å². The monoisotopic (exact) mass is 296 g/mol. The zero-order valence-corrected chi connectivity index (χ0v) is 11.2. The topological polar surface area (TPSA) is 9.23 Å². The van der Waals surface area contributed by atoms with Gasteiger partial charge in [0.2, 0.25) is 0 Å². The molecule has 0 N–H and O–H groups in total. The molecule has 0 saturated carbocycles. The molecule has 2 aromatic rings. The van der Waals surface area contributed by atoms with Crippen LogP contribution in [-0.4, -0.2) is 6.10 Å². The standard InChI is InChI=1S/C16H12F4O/c1-9-5-11-6-12(16(18,19)20)8-14(15(11)21-9)10-3-2-4-13(17)7-10/h2-4,6-9H,5H2,1H3. The fourth-order valence-electron chi connectivity index (χ4n) is 2.57. The number of benzene rings is 2. The first kappa shape index (κ1) is 13.9. The van der Waals surface area contributed by atoms with E-state index in [9.17, 15) is 17.6 Å². The molecule has 0 saturated heterocycles. The minimum atomic E-state index is -4.44. The fourth-order valence-corrected chi connectivity index (χ4v) is 2.57. The summed E-state index contributed by atoms with van der Waals surface area (Å²) < 4.78 is 58.0. The molecular formula is C16H12F4O. The van der Waals surface area contributed by atoms with Crippen molar-refractivity contribution in [3.8, 4) is 16.9 Å². The van der Waals surface area contributed by atoms with Gasteiger partial charge in [0.1, 0.15) is 17.7 Å². The minimum Gasteiger partial charge on any atom is -0.489 e. The van der Waals surface area contributed by atoms with E-state index >= 15 is 0 Å². The highest BCUT2D eigenvalue weighted by Gasteiger charge is 2.34. The molecule has 1 atom stereocenters. The molecule has 3 rings (SSSR count). The number of hydrogen-bond donors (Lipinski definition) is 0. The quantitative estimate of drug-likeness (QED) is 0.685. The van der Waals surface area contributed by atoms with Gasteiger partial charge in [-0.1, -0.05) is 12.1 Å². The van der Waals surface area contributed by atoms with Crippen LogP contribution in [0.1, 0.15) is 18.1 Å². The molecule has 1 aliphatic heterocycles. The van der Waals surface area contributed by atoms with Gasteiger partial charge in [-0.15, -0.1) is 0 Å². The molecule has 1 unspecified atom stereocenters. The van der Waals surface area contributed by atoms with E-state index in [1.807, 2.05) is 0 Å². The lowest BCUT2D eigenvalue weighted by molar-refractivity contribution is -0.137. The third-order valence-electron chi connectivity index (χ3n) is 3.46. The number of hydrogen-bond acceptors (Lipinski definition) is 1. The van der Waals surface area contributed by atoms with Gasteiger partial charge in [0.15, 0.2) is 0 Å². The predicted molar refractivity (Wildman–Crippen MR) is 70.6 cm³/mol. The van der Waals surface area contributed by atoms with Crippen molar-refractivity contribution in [3.63, 3.8) is 0 Å². The molecule has 1 aliphatic rings. The van der Waals surface area contributed by atoms with Crippen molar-refractivity contribution in [2.75, 3.05) is 0 Å². The molecule has 2 aromatic carbocycles. The summed E-state index contributed by atoms with van der Waals surface area (Å²) in [5.41, 5.74) is 0.435. The molecule has 1 nitrogen and oxygen atoms in total. The molecule has 0 spiro atoms. The molecule has 0 amide bonds. The maximum absolute atomic E-state index is 13.4. The lowest BCUT2D eigenvalue weighted by Crippen LogP contribution is -2.05. The van der Waals surface area contributed by atoms with E-state index in [1.165, 1.54) is 18.2 Å². The van der Waals surface area contributed by atoms with Crippen LogP contribution in [-0.2, 0) is 12.6 Å². The Hall–Kier alpha value is -2.04. The molecule has 5 heteroatoms. The molecule has 110 valence electrons. The Kier molecular flexibility index (Phi) is 3.15. The van der Waals surface area contributed by atoms with Crippen molar-refractivity contribution in [1.29, 1.82) is 0 Å². The van der Waals surface area contributed by atoms with Crippen molar-refractivity contribution in [3.05, 3.63) is 53.3 Å². The van der Waals surface area contributed by atoms with Gasteiger partial charge in [-0.2, -0.15) is 13.2 Å². The first-order valence-corrected chi connectivity index (χ1v) is 6.51. The Balaban J connectivity index is 2.22. The number of fused-ring (bicyclic) bond motifs is 1. The van der Waals surface area contributed by atoms with Gasteiger partial charge < -0.3 is 4.74 Å². The van der Waals surface area contributed by atoms with E-state index in [1.54, 1.807) is 13.0 Å². The van der Waals surface area contributed by atoms with E-state index in [4.69, 9.17) is 4.74 Å². The van der Waals surface area contributed by atoms with Crippen molar-refractivity contribution >= 4 is 0 Å². The molecule has 0 bridgehead atoms. The summed E-state index contributed by atoms with van der Waals surface area (Å²) in [6.45, 7) is 1.79. The van der Waals surface area contributed by atoms with Crippen LogP contribution in [0.25, 0.3) is 11.1 Å². The smallest absolute Gasteiger partial charge is 0.416 e.